The van der Waals surface area contributed by atoms with Gasteiger partial charge in [0.05, 0.1) is 26.1 Å². The molecule has 2 heterocycles. The highest BCUT2D eigenvalue weighted by Crippen LogP contribution is 2.25. The van der Waals surface area contributed by atoms with E-state index in [1.165, 1.54) is 0 Å². The number of methoxy groups -OCH3 is 1. The first-order chi connectivity index (χ1) is 12.9. The van der Waals surface area contributed by atoms with Crippen molar-refractivity contribution in [3.63, 3.8) is 0 Å². The lowest BCUT2D eigenvalue weighted by atomic mass is 10.0. The van der Waals surface area contributed by atoms with Crippen molar-refractivity contribution in [2.45, 2.75) is 43.7 Å². The number of rotatable bonds is 5. The summed E-state index contributed by atoms with van der Waals surface area (Å²) in [7, 11) is 1.58. The van der Waals surface area contributed by atoms with Crippen molar-refractivity contribution in [3.05, 3.63) is 29.8 Å². The molecular weight excluding hydrogens is 356 g/mol. The number of carbonyl (C=O) groups excluding carboxylic acids is 2. The maximum Gasteiger partial charge on any atom is 0.262 e. The molecular formula is C19H25F2N3O3. The van der Waals surface area contributed by atoms with Crippen molar-refractivity contribution >= 4 is 11.8 Å². The molecule has 0 saturated carbocycles. The van der Waals surface area contributed by atoms with Gasteiger partial charge in [-0.25, -0.2) is 8.78 Å². The fraction of sp³-hybridized carbons (Fsp3) is 0.579. The first kappa shape index (κ1) is 19.5. The lowest BCUT2D eigenvalue weighted by Gasteiger charge is -2.33. The van der Waals surface area contributed by atoms with E-state index in [0.717, 1.165) is 5.56 Å². The molecule has 1 atom stereocenters. The maximum absolute atomic E-state index is 13.2. The minimum atomic E-state index is -2.82. The lowest BCUT2D eigenvalue weighted by Crippen LogP contribution is -2.50. The Morgan fingerprint density at radius 1 is 1.30 bits per heavy atom. The Morgan fingerprint density at radius 3 is 2.63 bits per heavy atom. The van der Waals surface area contributed by atoms with Gasteiger partial charge in [-0.05, 0) is 18.9 Å². The van der Waals surface area contributed by atoms with Gasteiger partial charge in [-0.15, -0.1) is 0 Å². The molecule has 1 aromatic rings. The summed E-state index contributed by atoms with van der Waals surface area (Å²) in [6, 6.07) is 6.48. The third kappa shape index (κ3) is 4.94. The molecule has 2 saturated heterocycles. The van der Waals surface area contributed by atoms with E-state index in [-0.39, 0.29) is 24.3 Å². The number of ether oxygens (including phenoxy) is 1. The molecule has 3 rings (SSSR count). The number of nitrogens with one attached hydrogen (secondary N) is 2. The smallest absolute Gasteiger partial charge is 0.262 e. The van der Waals surface area contributed by atoms with Gasteiger partial charge >= 0.3 is 0 Å². The van der Waals surface area contributed by atoms with Crippen molar-refractivity contribution in [2.75, 3.05) is 26.7 Å². The van der Waals surface area contributed by atoms with Gasteiger partial charge in [0.25, 0.3) is 5.92 Å². The highest BCUT2D eigenvalue weighted by atomic mass is 19.3. The third-order valence-corrected chi connectivity index (χ3v) is 5.15. The quantitative estimate of drug-likeness (QED) is 0.808. The van der Waals surface area contributed by atoms with E-state index >= 15 is 0 Å². The van der Waals surface area contributed by atoms with Gasteiger partial charge in [0, 0.05) is 31.1 Å². The zero-order chi connectivity index (χ0) is 19.4. The summed E-state index contributed by atoms with van der Waals surface area (Å²) < 4.78 is 31.7. The highest BCUT2D eigenvalue weighted by molar-refractivity contribution is 5.82. The summed E-state index contributed by atoms with van der Waals surface area (Å²) >= 11 is 0. The number of benzene rings is 1. The molecule has 2 N–H and O–H groups in total. The standard InChI is InChI=1S/C19H25F2N3O3/c1-27-16-5-3-2-4-13(16)10-17(25)24-8-6-14(7-9-24)23-18(26)15-11-19(20,21)12-22-15/h2-5,14-15,22H,6-12H2,1H3,(H,23,26). The maximum atomic E-state index is 13.2. The van der Waals surface area contributed by atoms with E-state index in [1.54, 1.807) is 12.0 Å². The molecule has 0 spiro atoms. The van der Waals surface area contributed by atoms with Crippen LogP contribution < -0.4 is 15.4 Å². The van der Waals surface area contributed by atoms with Crippen molar-refractivity contribution in [1.82, 2.24) is 15.5 Å². The highest BCUT2D eigenvalue weighted by Gasteiger charge is 2.42. The first-order valence-electron chi connectivity index (χ1n) is 9.19. The molecule has 0 aliphatic carbocycles. The van der Waals surface area contributed by atoms with Gasteiger partial charge in [-0.3, -0.25) is 14.9 Å². The largest absolute Gasteiger partial charge is 0.496 e. The number of piperidine rings is 1. The summed E-state index contributed by atoms with van der Waals surface area (Å²) in [5.41, 5.74) is 0.841. The summed E-state index contributed by atoms with van der Waals surface area (Å²) in [5.74, 6) is -2.50. The van der Waals surface area contributed by atoms with E-state index in [0.29, 0.717) is 31.7 Å². The molecule has 0 radical (unpaired) electrons. The van der Waals surface area contributed by atoms with Crippen LogP contribution in [-0.2, 0) is 16.0 Å². The Labute approximate surface area is 157 Å². The van der Waals surface area contributed by atoms with Crippen LogP contribution in [0.5, 0.6) is 5.75 Å². The SMILES string of the molecule is COc1ccccc1CC(=O)N1CCC(NC(=O)C2CC(F)(F)CN2)CC1. The van der Waals surface area contributed by atoms with E-state index in [2.05, 4.69) is 10.6 Å². The van der Waals surface area contributed by atoms with Gasteiger partial charge in [0.15, 0.2) is 0 Å². The molecule has 1 aromatic carbocycles. The van der Waals surface area contributed by atoms with Crippen molar-refractivity contribution in [3.8, 4) is 5.75 Å². The number of para-hydroxylation sites is 1. The molecule has 2 amide bonds. The molecule has 2 aliphatic heterocycles. The summed E-state index contributed by atoms with van der Waals surface area (Å²) in [6.07, 6.45) is 1.04. The molecule has 8 heteroatoms. The molecule has 148 valence electrons. The van der Waals surface area contributed by atoms with Crippen LogP contribution >= 0.6 is 0 Å². The van der Waals surface area contributed by atoms with E-state index in [1.807, 2.05) is 24.3 Å². The van der Waals surface area contributed by atoms with Crippen molar-refractivity contribution < 1.29 is 23.1 Å². The average Bonchev–Trinajstić information content (AvgIpc) is 3.02. The van der Waals surface area contributed by atoms with Crippen LogP contribution in [0.4, 0.5) is 8.78 Å². The van der Waals surface area contributed by atoms with Crippen LogP contribution in [0.15, 0.2) is 24.3 Å². The van der Waals surface area contributed by atoms with Crippen LogP contribution in [-0.4, -0.2) is 61.5 Å². The number of carbonyl (C=O) groups is 2. The van der Waals surface area contributed by atoms with Gasteiger partial charge in [0.1, 0.15) is 5.75 Å². The Morgan fingerprint density at radius 2 is 2.00 bits per heavy atom. The molecule has 1 unspecified atom stereocenters. The summed E-state index contributed by atoms with van der Waals surface area (Å²) in [4.78, 5) is 26.4. The van der Waals surface area contributed by atoms with E-state index in [4.69, 9.17) is 4.74 Å². The van der Waals surface area contributed by atoms with Crippen LogP contribution in [0, 0.1) is 0 Å². The predicted octanol–water partition coefficient (Wildman–Crippen LogP) is 1.34. The Bertz CT molecular complexity index is 691. The molecule has 0 bridgehead atoms. The number of halogens is 2. The van der Waals surface area contributed by atoms with Gasteiger partial charge in [-0.1, -0.05) is 18.2 Å². The normalized spacial score (nSPS) is 22.5. The summed E-state index contributed by atoms with van der Waals surface area (Å²) in [6.45, 7) is 0.612. The molecule has 6 nitrogen and oxygen atoms in total. The van der Waals surface area contributed by atoms with Crippen LogP contribution in [0.1, 0.15) is 24.8 Å². The molecule has 0 aromatic heterocycles. The molecule has 2 aliphatic rings. The fourth-order valence-electron chi connectivity index (χ4n) is 3.60. The van der Waals surface area contributed by atoms with Crippen molar-refractivity contribution in [1.29, 1.82) is 0 Å². The zero-order valence-electron chi connectivity index (χ0n) is 15.3. The monoisotopic (exact) mass is 381 g/mol. The number of hydrogen-bond acceptors (Lipinski definition) is 4. The van der Waals surface area contributed by atoms with Crippen molar-refractivity contribution in [2.24, 2.45) is 0 Å². The second kappa shape index (κ2) is 8.21. The third-order valence-electron chi connectivity index (χ3n) is 5.15. The Balaban J connectivity index is 1.46. The minimum Gasteiger partial charge on any atom is -0.496 e. The Kier molecular flexibility index (Phi) is 5.94. The minimum absolute atomic E-state index is 0.0152. The van der Waals surface area contributed by atoms with Gasteiger partial charge < -0.3 is 15.0 Å². The second-order valence-corrected chi connectivity index (χ2v) is 7.15. The first-order valence-corrected chi connectivity index (χ1v) is 9.19. The zero-order valence-corrected chi connectivity index (χ0v) is 15.3. The number of nitrogens with zero attached hydrogens (tertiary/aromatic N) is 1. The van der Waals surface area contributed by atoms with Crippen LogP contribution in [0.25, 0.3) is 0 Å². The van der Waals surface area contributed by atoms with Gasteiger partial charge in [-0.2, -0.15) is 0 Å². The Hall–Kier alpha value is -2.22. The fourth-order valence-corrected chi connectivity index (χ4v) is 3.60. The number of alkyl halides is 2. The number of hydrogen-bond donors (Lipinski definition) is 2. The van der Waals surface area contributed by atoms with Crippen LogP contribution in [0.2, 0.25) is 0 Å². The molecule has 27 heavy (non-hydrogen) atoms. The number of likely N-dealkylation sites (tertiary alicyclic amines) is 1. The second-order valence-electron chi connectivity index (χ2n) is 7.15. The van der Waals surface area contributed by atoms with E-state index < -0.39 is 24.9 Å². The average molecular weight is 381 g/mol. The number of amides is 2. The van der Waals surface area contributed by atoms with Gasteiger partial charge in [0.2, 0.25) is 11.8 Å². The lowest BCUT2D eigenvalue weighted by molar-refractivity contribution is -0.131. The predicted molar refractivity (Wildman–Crippen MR) is 95.8 cm³/mol. The summed E-state index contributed by atoms with van der Waals surface area (Å²) in [5, 5.41) is 5.40. The molecule has 2 fully saturated rings. The van der Waals surface area contributed by atoms with Crippen LogP contribution in [0.3, 0.4) is 0 Å². The topological polar surface area (TPSA) is 70.7 Å². The van der Waals surface area contributed by atoms with E-state index in [9.17, 15) is 18.4 Å².